The van der Waals surface area contributed by atoms with Gasteiger partial charge in [-0.15, -0.1) is 0 Å². The molecule has 0 fully saturated rings. The van der Waals surface area contributed by atoms with Gasteiger partial charge in [-0.3, -0.25) is 4.79 Å². The molecule has 5 heteroatoms. The van der Waals surface area contributed by atoms with Gasteiger partial charge in [0.2, 0.25) is 11.9 Å². The predicted molar refractivity (Wildman–Crippen MR) is 64.3 cm³/mol. The maximum absolute atomic E-state index is 11.8. The number of esters is 1. The van der Waals surface area contributed by atoms with Gasteiger partial charge in [0.25, 0.3) is 0 Å². The maximum atomic E-state index is 11.8. The molecule has 1 rings (SSSR count). The largest absolute Gasteiger partial charge is 0.463 e. The molecule has 1 amide bonds. The molecule has 0 radical (unpaired) electrons. The van der Waals surface area contributed by atoms with Crippen molar-refractivity contribution in [3.8, 4) is 6.07 Å². The molecular formula is C13H14N2O3. The minimum atomic E-state index is -1.67. The molecule has 0 aliphatic carbocycles. The van der Waals surface area contributed by atoms with E-state index in [2.05, 4.69) is 5.32 Å². The fourth-order valence-electron chi connectivity index (χ4n) is 1.56. The lowest BCUT2D eigenvalue weighted by molar-refractivity contribution is -0.149. The molecule has 0 unspecified atom stereocenters. The van der Waals surface area contributed by atoms with Crippen molar-refractivity contribution in [1.82, 2.24) is 5.32 Å². The summed E-state index contributed by atoms with van der Waals surface area (Å²) in [4.78, 5) is 22.4. The van der Waals surface area contributed by atoms with Crippen LogP contribution in [0.2, 0.25) is 0 Å². The second kappa shape index (κ2) is 6.40. The van der Waals surface area contributed by atoms with Crippen LogP contribution in [0.4, 0.5) is 0 Å². The average molecular weight is 246 g/mol. The van der Waals surface area contributed by atoms with E-state index in [9.17, 15) is 14.9 Å². The zero-order chi connectivity index (χ0) is 13.4. The summed E-state index contributed by atoms with van der Waals surface area (Å²) >= 11 is 0. The van der Waals surface area contributed by atoms with Crippen LogP contribution in [0.5, 0.6) is 0 Å². The number of ether oxygens (including phenoxy) is 1. The van der Waals surface area contributed by atoms with Crippen LogP contribution in [0.3, 0.4) is 0 Å². The van der Waals surface area contributed by atoms with E-state index in [-0.39, 0.29) is 13.0 Å². The first kappa shape index (κ1) is 13.7. The number of nitriles is 1. The summed E-state index contributed by atoms with van der Waals surface area (Å²) in [5, 5.41) is 11.5. The van der Waals surface area contributed by atoms with Crippen LogP contribution in [0.25, 0.3) is 0 Å². The van der Waals surface area contributed by atoms with Crippen molar-refractivity contribution in [2.75, 3.05) is 6.61 Å². The van der Waals surface area contributed by atoms with Crippen LogP contribution in [0.15, 0.2) is 30.3 Å². The lowest BCUT2D eigenvalue weighted by Gasteiger charge is -2.23. The van der Waals surface area contributed by atoms with Crippen LogP contribution >= 0.6 is 0 Å². The molecule has 18 heavy (non-hydrogen) atoms. The Labute approximate surface area is 105 Å². The first-order valence-corrected chi connectivity index (χ1v) is 5.52. The van der Waals surface area contributed by atoms with Crippen molar-refractivity contribution < 1.29 is 14.3 Å². The van der Waals surface area contributed by atoms with Gasteiger partial charge in [0.1, 0.15) is 6.07 Å². The molecule has 0 aliphatic heterocycles. The van der Waals surface area contributed by atoms with Crippen LogP contribution in [0, 0.1) is 11.3 Å². The van der Waals surface area contributed by atoms with Gasteiger partial charge in [-0.25, -0.2) is 4.79 Å². The number of carbonyl (C=O) groups excluding carboxylic acids is 2. The quantitative estimate of drug-likeness (QED) is 0.594. The fourth-order valence-corrected chi connectivity index (χ4v) is 1.56. The van der Waals surface area contributed by atoms with Gasteiger partial charge in [0.05, 0.1) is 6.61 Å². The standard InChI is InChI=1S/C13H14N2O3/c1-2-18-12(17)13(9-14,15-10-16)8-11-6-4-3-5-7-11/h3-7,10H,2,8H2,1H3,(H,15,16)/t13-/m1/s1. The van der Waals surface area contributed by atoms with Crippen molar-refractivity contribution in [3.05, 3.63) is 35.9 Å². The number of nitrogens with zero attached hydrogens (tertiary/aromatic N) is 1. The van der Waals surface area contributed by atoms with E-state index in [0.29, 0.717) is 6.41 Å². The average Bonchev–Trinajstić information content (AvgIpc) is 2.39. The lowest BCUT2D eigenvalue weighted by atomic mass is 9.92. The Balaban J connectivity index is 3.01. The van der Waals surface area contributed by atoms with Gasteiger partial charge in [-0.1, -0.05) is 30.3 Å². The lowest BCUT2D eigenvalue weighted by Crippen LogP contribution is -2.53. The molecule has 0 aliphatic rings. The highest BCUT2D eigenvalue weighted by atomic mass is 16.5. The molecule has 0 saturated carbocycles. The minimum absolute atomic E-state index is 0.0713. The van der Waals surface area contributed by atoms with E-state index < -0.39 is 11.5 Å². The number of hydrogen-bond donors (Lipinski definition) is 1. The summed E-state index contributed by atoms with van der Waals surface area (Å²) in [7, 11) is 0. The number of hydrogen-bond acceptors (Lipinski definition) is 4. The number of benzene rings is 1. The molecule has 1 atom stereocenters. The van der Waals surface area contributed by atoms with Gasteiger partial charge in [0, 0.05) is 6.42 Å². The van der Waals surface area contributed by atoms with E-state index in [1.807, 2.05) is 12.1 Å². The van der Waals surface area contributed by atoms with Crippen molar-refractivity contribution in [2.24, 2.45) is 0 Å². The van der Waals surface area contributed by atoms with E-state index in [1.165, 1.54) is 0 Å². The molecule has 1 aromatic carbocycles. The molecule has 5 nitrogen and oxygen atoms in total. The summed E-state index contributed by atoms with van der Waals surface area (Å²) in [5.74, 6) is -0.747. The van der Waals surface area contributed by atoms with Crippen molar-refractivity contribution in [3.63, 3.8) is 0 Å². The first-order valence-electron chi connectivity index (χ1n) is 5.52. The van der Waals surface area contributed by atoms with Crippen molar-refractivity contribution in [1.29, 1.82) is 5.26 Å². The number of rotatable bonds is 6. The Hall–Kier alpha value is -2.35. The Morgan fingerprint density at radius 2 is 2.17 bits per heavy atom. The third kappa shape index (κ3) is 3.08. The molecule has 0 saturated heterocycles. The van der Waals surface area contributed by atoms with Crippen molar-refractivity contribution >= 4 is 12.4 Å². The van der Waals surface area contributed by atoms with Gasteiger partial charge < -0.3 is 10.1 Å². The highest BCUT2D eigenvalue weighted by Gasteiger charge is 2.40. The molecule has 94 valence electrons. The Morgan fingerprint density at radius 3 is 2.67 bits per heavy atom. The second-order valence-corrected chi connectivity index (χ2v) is 3.66. The topological polar surface area (TPSA) is 79.2 Å². The van der Waals surface area contributed by atoms with E-state index >= 15 is 0 Å². The molecule has 0 bridgehead atoms. The van der Waals surface area contributed by atoms with Gasteiger partial charge in [-0.05, 0) is 12.5 Å². The smallest absolute Gasteiger partial charge is 0.347 e. The fraction of sp³-hybridized carbons (Fsp3) is 0.308. The van der Waals surface area contributed by atoms with Gasteiger partial charge in [-0.2, -0.15) is 5.26 Å². The summed E-state index contributed by atoms with van der Waals surface area (Å²) in [6, 6.07) is 10.8. The van der Waals surface area contributed by atoms with Crippen LogP contribution in [-0.2, 0) is 20.7 Å². The van der Waals surface area contributed by atoms with Crippen LogP contribution in [-0.4, -0.2) is 24.5 Å². The zero-order valence-electron chi connectivity index (χ0n) is 10.1. The molecule has 1 N–H and O–H groups in total. The van der Waals surface area contributed by atoms with E-state index in [0.717, 1.165) is 5.56 Å². The SMILES string of the molecule is CCOC(=O)[C@](C#N)(Cc1ccccc1)NC=O. The third-order valence-electron chi connectivity index (χ3n) is 2.43. The summed E-state index contributed by atoms with van der Waals surface area (Å²) in [6.07, 6.45) is 0.408. The van der Waals surface area contributed by atoms with Gasteiger partial charge >= 0.3 is 5.97 Å². The van der Waals surface area contributed by atoms with Crippen LogP contribution in [0.1, 0.15) is 12.5 Å². The number of carbonyl (C=O) groups is 2. The number of nitrogens with one attached hydrogen (secondary N) is 1. The van der Waals surface area contributed by atoms with E-state index in [1.54, 1.807) is 31.2 Å². The van der Waals surface area contributed by atoms with Gasteiger partial charge in [0.15, 0.2) is 0 Å². The summed E-state index contributed by atoms with van der Waals surface area (Å²) in [5.41, 5.74) is -0.902. The summed E-state index contributed by atoms with van der Waals surface area (Å²) in [6.45, 7) is 1.79. The Morgan fingerprint density at radius 1 is 1.50 bits per heavy atom. The Kier molecular flexibility index (Phi) is 4.88. The second-order valence-electron chi connectivity index (χ2n) is 3.66. The Bertz CT molecular complexity index is 453. The highest BCUT2D eigenvalue weighted by Crippen LogP contribution is 2.14. The maximum Gasteiger partial charge on any atom is 0.347 e. The van der Waals surface area contributed by atoms with Crippen LogP contribution < -0.4 is 5.32 Å². The predicted octanol–water partition coefficient (Wildman–Crippen LogP) is 0.801. The molecule has 0 aromatic heterocycles. The molecular weight excluding hydrogens is 232 g/mol. The summed E-state index contributed by atoms with van der Waals surface area (Å²) < 4.78 is 4.84. The molecule has 0 heterocycles. The molecule has 0 spiro atoms. The molecule has 1 aromatic rings. The normalized spacial score (nSPS) is 12.9. The first-order chi connectivity index (χ1) is 8.68. The highest BCUT2D eigenvalue weighted by molar-refractivity contribution is 5.87. The monoisotopic (exact) mass is 246 g/mol. The van der Waals surface area contributed by atoms with E-state index in [4.69, 9.17) is 4.74 Å². The number of amides is 1. The third-order valence-corrected chi connectivity index (χ3v) is 2.43. The minimum Gasteiger partial charge on any atom is -0.463 e. The van der Waals surface area contributed by atoms with Crippen molar-refractivity contribution in [2.45, 2.75) is 18.9 Å². The zero-order valence-corrected chi connectivity index (χ0v) is 10.1.